The van der Waals surface area contributed by atoms with E-state index in [-0.39, 0.29) is 5.56 Å². The molecule has 98 valence electrons. The molecule has 2 N–H and O–H groups in total. The summed E-state index contributed by atoms with van der Waals surface area (Å²) in [5.74, 6) is -0.248. The molecule has 0 radical (unpaired) electrons. The van der Waals surface area contributed by atoms with Crippen LogP contribution in [0.2, 0.25) is 0 Å². The molecule has 1 heterocycles. The second kappa shape index (κ2) is 4.96. The lowest BCUT2D eigenvalue weighted by Gasteiger charge is -2.35. The molecule has 0 bridgehead atoms. The molecule has 1 aliphatic carbocycles. The molecular weight excluding hydrogens is 228 g/mol. The standard InChI is InChI=1S/C14H20N2O2/c1-14(2)6-3-4-11(9-14)16-12-8-10(13(17)18)5-7-15-12/h5,7-8,11H,3-4,6,9H2,1-2H3,(H,15,16)(H,17,18). The molecule has 1 aromatic rings. The zero-order chi connectivity index (χ0) is 13.2. The average molecular weight is 248 g/mol. The number of carbonyl (C=O) groups is 1. The third kappa shape index (κ3) is 3.22. The van der Waals surface area contributed by atoms with Gasteiger partial charge in [-0.1, -0.05) is 20.3 Å². The van der Waals surface area contributed by atoms with Crippen LogP contribution >= 0.6 is 0 Å². The van der Waals surface area contributed by atoms with Crippen molar-refractivity contribution in [1.82, 2.24) is 4.98 Å². The number of nitrogens with zero attached hydrogens (tertiary/aromatic N) is 1. The minimum absolute atomic E-state index is 0.280. The molecule has 1 aliphatic rings. The van der Waals surface area contributed by atoms with Crippen LogP contribution < -0.4 is 5.32 Å². The highest BCUT2D eigenvalue weighted by Crippen LogP contribution is 2.36. The third-order valence-corrected chi connectivity index (χ3v) is 3.56. The molecule has 18 heavy (non-hydrogen) atoms. The van der Waals surface area contributed by atoms with Gasteiger partial charge in [-0.25, -0.2) is 9.78 Å². The predicted molar refractivity (Wildman–Crippen MR) is 70.9 cm³/mol. The molecule has 0 spiro atoms. The van der Waals surface area contributed by atoms with E-state index < -0.39 is 5.97 Å². The minimum atomic E-state index is -0.913. The number of aromatic nitrogens is 1. The van der Waals surface area contributed by atoms with Crippen molar-refractivity contribution in [2.24, 2.45) is 5.41 Å². The average Bonchev–Trinajstić information content (AvgIpc) is 2.28. The van der Waals surface area contributed by atoms with Crippen LogP contribution in [0.5, 0.6) is 0 Å². The zero-order valence-electron chi connectivity index (χ0n) is 10.9. The summed E-state index contributed by atoms with van der Waals surface area (Å²) in [7, 11) is 0. The lowest BCUT2D eigenvalue weighted by Crippen LogP contribution is -2.32. The van der Waals surface area contributed by atoms with Gasteiger partial charge in [0.25, 0.3) is 0 Å². The fourth-order valence-corrected chi connectivity index (χ4v) is 2.67. The molecule has 0 saturated heterocycles. The first-order chi connectivity index (χ1) is 8.46. The van der Waals surface area contributed by atoms with Crippen LogP contribution in [0.3, 0.4) is 0 Å². The summed E-state index contributed by atoms with van der Waals surface area (Å²) in [6.07, 6.45) is 6.24. The molecule has 1 fully saturated rings. The summed E-state index contributed by atoms with van der Waals surface area (Å²) in [6, 6.07) is 3.51. The van der Waals surface area contributed by atoms with Crippen molar-refractivity contribution in [2.75, 3.05) is 5.32 Å². The zero-order valence-corrected chi connectivity index (χ0v) is 10.9. The van der Waals surface area contributed by atoms with Crippen molar-refractivity contribution in [3.63, 3.8) is 0 Å². The Balaban J connectivity index is 2.05. The van der Waals surface area contributed by atoms with Crippen molar-refractivity contribution in [1.29, 1.82) is 0 Å². The molecule has 4 heteroatoms. The molecule has 0 aliphatic heterocycles. The first kappa shape index (κ1) is 12.9. The molecule has 0 amide bonds. The number of rotatable bonds is 3. The summed E-state index contributed by atoms with van der Waals surface area (Å²) in [5, 5.41) is 12.3. The fourth-order valence-electron chi connectivity index (χ4n) is 2.67. The summed E-state index contributed by atoms with van der Waals surface area (Å²) < 4.78 is 0. The van der Waals surface area contributed by atoms with E-state index in [1.807, 2.05) is 0 Å². The third-order valence-electron chi connectivity index (χ3n) is 3.56. The van der Waals surface area contributed by atoms with Crippen LogP contribution in [0.15, 0.2) is 18.3 Å². The van der Waals surface area contributed by atoms with Gasteiger partial charge in [-0.2, -0.15) is 0 Å². The summed E-state index contributed by atoms with van der Waals surface area (Å²) in [6.45, 7) is 4.56. The fraction of sp³-hybridized carbons (Fsp3) is 0.571. The van der Waals surface area contributed by atoms with Crippen molar-refractivity contribution >= 4 is 11.8 Å². The highest BCUT2D eigenvalue weighted by Gasteiger charge is 2.27. The number of hydrogen-bond acceptors (Lipinski definition) is 3. The maximum Gasteiger partial charge on any atom is 0.335 e. The van der Waals surface area contributed by atoms with Crippen molar-refractivity contribution in [3.8, 4) is 0 Å². The Kier molecular flexibility index (Phi) is 3.55. The summed E-state index contributed by atoms with van der Waals surface area (Å²) >= 11 is 0. The van der Waals surface area contributed by atoms with E-state index in [9.17, 15) is 4.79 Å². The number of nitrogens with one attached hydrogen (secondary N) is 1. The van der Waals surface area contributed by atoms with E-state index in [2.05, 4.69) is 24.1 Å². The second-order valence-electron chi connectivity index (χ2n) is 5.84. The lowest BCUT2D eigenvalue weighted by molar-refractivity contribution is 0.0696. The van der Waals surface area contributed by atoms with Crippen LogP contribution in [0.4, 0.5) is 5.82 Å². The van der Waals surface area contributed by atoms with E-state index in [1.165, 1.54) is 18.9 Å². The van der Waals surface area contributed by atoms with Crippen LogP contribution in [0.1, 0.15) is 49.9 Å². The topological polar surface area (TPSA) is 62.2 Å². The maximum atomic E-state index is 10.9. The number of hydrogen-bond donors (Lipinski definition) is 2. The monoisotopic (exact) mass is 248 g/mol. The Hall–Kier alpha value is -1.58. The van der Waals surface area contributed by atoms with Gasteiger partial charge in [0.2, 0.25) is 0 Å². The van der Waals surface area contributed by atoms with E-state index >= 15 is 0 Å². The maximum absolute atomic E-state index is 10.9. The Morgan fingerprint density at radius 2 is 2.33 bits per heavy atom. The SMILES string of the molecule is CC1(C)CCCC(Nc2cc(C(=O)O)ccn2)C1. The highest BCUT2D eigenvalue weighted by atomic mass is 16.4. The van der Waals surface area contributed by atoms with Crippen molar-refractivity contribution < 1.29 is 9.90 Å². The van der Waals surface area contributed by atoms with E-state index in [4.69, 9.17) is 5.11 Å². The Morgan fingerprint density at radius 3 is 3.00 bits per heavy atom. The van der Waals surface area contributed by atoms with Gasteiger partial charge in [0.05, 0.1) is 5.56 Å². The largest absolute Gasteiger partial charge is 0.478 e. The predicted octanol–water partition coefficient (Wildman–Crippen LogP) is 3.16. The van der Waals surface area contributed by atoms with Gasteiger partial charge in [0, 0.05) is 12.2 Å². The molecular formula is C14H20N2O2. The second-order valence-corrected chi connectivity index (χ2v) is 5.84. The first-order valence-corrected chi connectivity index (χ1v) is 6.42. The molecule has 4 nitrogen and oxygen atoms in total. The molecule has 1 unspecified atom stereocenters. The van der Waals surface area contributed by atoms with Gasteiger partial charge < -0.3 is 10.4 Å². The normalized spacial score (nSPS) is 22.4. The van der Waals surface area contributed by atoms with Gasteiger partial charge in [0.1, 0.15) is 5.82 Å². The van der Waals surface area contributed by atoms with Crippen LogP contribution in [0.25, 0.3) is 0 Å². The molecule has 2 rings (SSSR count). The van der Waals surface area contributed by atoms with Gasteiger partial charge in [0.15, 0.2) is 0 Å². The number of pyridine rings is 1. The van der Waals surface area contributed by atoms with Gasteiger partial charge in [-0.15, -0.1) is 0 Å². The molecule has 1 aromatic heterocycles. The van der Waals surface area contributed by atoms with Crippen LogP contribution in [0, 0.1) is 5.41 Å². The van der Waals surface area contributed by atoms with Gasteiger partial charge in [-0.3, -0.25) is 0 Å². The smallest absolute Gasteiger partial charge is 0.335 e. The van der Waals surface area contributed by atoms with E-state index in [1.54, 1.807) is 12.3 Å². The molecule has 1 saturated carbocycles. The van der Waals surface area contributed by atoms with Crippen molar-refractivity contribution in [3.05, 3.63) is 23.9 Å². The van der Waals surface area contributed by atoms with Crippen LogP contribution in [-0.4, -0.2) is 22.1 Å². The van der Waals surface area contributed by atoms with E-state index in [0.717, 1.165) is 12.8 Å². The molecule has 1 atom stereocenters. The number of aromatic carboxylic acids is 1. The quantitative estimate of drug-likeness (QED) is 0.862. The lowest BCUT2D eigenvalue weighted by atomic mass is 9.75. The van der Waals surface area contributed by atoms with Crippen LogP contribution in [-0.2, 0) is 0 Å². The number of anilines is 1. The Morgan fingerprint density at radius 1 is 1.56 bits per heavy atom. The number of carboxylic acids is 1. The van der Waals surface area contributed by atoms with Crippen molar-refractivity contribution in [2.45, 2.75) is 45.6 Å². The highest BCUT2D eigenvalue weighted by molar-refractivity contribution is 5.88. The van der Waals surface area contributed by atoms with Gasteiger partial charge in [-0.05, 0) is 36.8 Å². The van der Waals surface area contributed by atoms with Gasteiger partial charge >= 0.3 is 5.97 Å². The summed E-state index contributed by atoms with van der Waals surface area (Å²) in [5.41, 5.74) is 0.642. The minimum Gasteiger partial charge on any atom is -0.478 e. The first-order valence-electron chi connectivity index (χ1n) is 6.42. The summed E-state index contributed by atoms with van der Waals surface area (Å²) in [4.78, 5) is 15.1. The van der Waals surface area contributed by atoms with E-state index in [0.29, 0.717) is 17.3 Å². The number of carboxylic acid groups (broad SMARTS) is 1. The Bertz CT molecular complexity index is 443. The molecule has 0 aromatic carbocycles. The Labute approximate surface area is 107 Å².